The summed E-state index contributed by atoms with van der Waals surface area (Å²) in [4.78, 5) is 13.4. The number of hydrogen-bond acceptors (Lipinski definition) is 4. The zero-order chi connectivity index (χ0) is 17.6. The van der Waals surface area contributed by atoms with Crippen LogP contribution in [0.5, 0.6) is 0 Å². The van der Waals surface area contributed by atoms with Gasteiger partial charge in [0.05, 0.1) is 17.6 Å². The number of thioether (sulfide) groups is 1. The molecular formula is C19H16N4OS. The second-order valence-corrected chi connectivity index (χ2v) is 6.39. The molecule has 3 rings (SSSR count). The minimum absolute atomic E-state index is 0.178. The van der Waals surface area contributed by atoms with E-state index in [0.717, 1.165) is 16.1 Å². The summed E-state index contributed by atoms with van der Waals surface area (Å²) >= 11 is 1.47. The molecule has 0 fully saturated rings. The SMILES string of the molecule is Cc1ccccc1SCC(=O)Nc1c(C#N)cnn1-c1ccccc1. The fraction of sp³-hybridized carbons (Fsp3) is 0.105. The lowest BCUT2D eigenvalue weighted by molar-refractivity contribution is -0.113. The van der Waals surface area contributed by atoms with Crippen molar-refractivity contribution in [3.63, 3.8) is 0 Å². The maximum Gasteiger partial charge on any atom is 0.235 e. The number of para-hydroxylation sites is 1. The summed E-state index contributed by atoms with van der Waals surface area (Å²) in [6.45, 7) is 2.01. The van der Waals surface area contributed by atoms with Crippen molar-refractivity contribution in [3.8, 4) is 11.8 Å². The molecule has 0 atom stereocenters. The number of nitriles is 1. The van der Waals surface area contributed by atoms with Crippen LogP contribution in [-0.2, 0) is 4.79 Å². The summed E-state index contributed by atoms with van der Waals surface area (Å²) in [5.74, 6) is 0.474. The quantitative estimate of drug-likeness (QED) is 0.712. The Bertz CT molecular complexity index is 928. The van der Waals surface area contributed by atoms with E-state index < -0.39 is 0 Å². The lowest BCUT2D eigenvalue weighted by Crippen LogP contribution is -2.17. The summed E-state index contributed by atoms with van der Waals surface area (Å²) in [7, 11) is 0. The van der Waals surface area contributed by atoms with E-state index in [1.165, 1.54) is 18.0 Å². The summed E-state index contributed by atoms with van der Waals surface area (Å²) in [6.07, 6.45) is 1.46. The largest absolute Gasteiger partial charge is 0.309 e. The van der Waals surface area contributed by atoms with Crippen LogP contribution < -0.4 is 5.32 Å². The summed E-state index contributed by atoms with van der Waals surface area (Å²) in [5, 5.41) is 16.3. The van der Waals surface area contributed by atoms with Gasteiger partial charge in [0.15, 0.2) is 5.82 Å². The fourth-order valence-corrected chi connectivity index (χ4v) is 3.17. The monoisotopic (exact) mass is 348 g/mol. The van der Waals surface area contributed by atoms with E-state index in [-0.39, 0.29) is 11.7 Å². The molecule has 0 saturated heterocycles. The molecule has 5 nitrogen and oxygen atoms in total. The Morgan fingerprint density at radius 2 is 1.92 bits per heavy atom. The van der Waals surface area contributed by atoms with Crippen molar-refractivity contribution in [1.29, 1.82) is 5.26 Å². The molecule has 25 heavy (non-hydrogen) atoms. The van der Waals surface area contributed by atoms with Crippen molar-refractivity contribution in [1.82, 2.24) is 9.78 Å². The highest BCUT2D eigenvalue weighted by molar-refractivity contribution is 8.00. The van der Waals surface area contributed by atoms with E-state index in [2.05, 4.69) is 16.5 Å². The Morgan fingerprint density at radius 1 is 1.20 bits per heavy atom. The van der Waals surface area contributed by atoms with E-state index in [4.69, 9.17) is 0 Å². The molecule has 0 aliphatic rings. The number of aryl methyl sites for hydroxylation is 1. The zero-order valence-electron chi connectivity index (χ0n) is 13.6. The van der Waals surface area contributed by atoms with E-state index in [9.17, 15) is 10.1 Å². The molecule has 0 aliphatic heterocycles. The first kappa shape index (κ1) is 16.8. The molecule has 0 saturated carbocycles. The first-order valence-electron chi connectivity index (χ1n) is 7.71. The number of carbonyl (C=O) groups is 1. The standard InChI is InChI=1S/C19H16N4OS/c1-14-7-5-6-10-17(14)25-13-18(24)22-19-15(11-20)12-21-23(19)16-8-3-2-4-9-16/h2-10,12H,13H2,1H3,(H,22,24). The predicted octanol–water partition coefficient (Wildman–Crippen LogP) is 3.78. The van der Waals surface area contributed by atoms with Gasteiger partial charge in [0.1, 0.15) is 11.6 Å². The second kappa shape index (κ2) is 7.69. The Kier molecular flexibility index (Phi) is 5.17. The van der Waals surface area contributed by atoms with Crippen LogP contribution in [0.25, 0.3) is 5.69 Å². The van der Waals surface area contributed by atoms with Crippen LogP contribution in [0.2, 0.25) is 0 Å². The Hall–Kier alpha value is -3.04. The third-order valence-electron chi connectivity index (χ3n) is 3.60. The molecule has 3 aromatic rings. The predicted molar refractivity (Wildman–Crippen MR) is 98.8 cm³/mol. The van der Waals surface area contributed by atoms with Gasteiger partial charge >= 0.3 is 0 Å². The van der Waals surface area contributed by atoms with Gasteiger partial charge < -0.3 is 5.32 Å². The summed E-state index contributed by atoms with van der Waals surface area (Å²) in [5.41, 5.74) is 2.25. The molecular weight excluding hydrogens is 332 g/mol. The molecule has 1 heterocycles. The number of nitrogens with zero attached hydrogens (tertiary/aromatic N) is 3. The molecule has 6 heteroatoms. The minimum Gasteiger partial charge on any atom is -0.309 e. The number of hydrogen-bond donors (Lipinski definition) is 1. The molecule has 0 unspecified atom stereocenters. The molecule has 1 amide bonds. The van der Waals surface area contributed by atoms with Gasteiger partial charge in [-0.15, -0.1) is 11.8 Å². The maximum absolute atomic E-state index is 12.4. The number of nitrogens with one attached hydrogen (secondary N) is 1. The zero-order valence-corrected chi connectivity index (χ0v) is 14.5. The average molecular weight is 348 g/mol. The van der Waals surface area contributed by atoms with E-state index >= 15 is 0 Å². The van der Waals surface area contributed by atoms with Crippen LogP contribution >= 0.6 is 11.8 Å². The molecule has 2 aromatic carbocycles. The highest BCUT2D eigenvalue weighted by atomic mass is 32.2. The Labute approximate surface area is 150 Å². The first-order chi connectivity index (χ1) is 12.2. The molecule has 0 radical (unpaired) electrons. The first-order valence-corrected chi connectivity index (χ1v) is 8.69. The normalized spacial score (nSPS) is 10.2. The number of benzene rings is 2. The van der Waals surface area contributed by atoms with E-state index in [0.29, 0.717) is 11.4 Å². The van der Waals surface area contributed by atoms with E-state index in [1.807, 2.05) is 61.5 Å². The van der Waals surface area contributed by atoms with Gasteiger partial charge in [-0.3, -0.25) is 4.79 Å². The van der Waals surface area contributed by atoms with Gasteiger partial charge in [0, 0.05) is 4.90 Å². The smallest absolute Gasteiger partial charge is 0.235 e. The van der Waals surface area contributed by atoms with Crippen molar-refractivity contribution in [2.45, 2.75) is 11.8 Å². The molecule has 0 bridgehead atoms. The highest BCUT2D eigenvalue weighted by Gasteiger charge is 2.15. The van der Waals surface area contributed by atoms with Crippen molar-refractivity contribution in [3.05, 3.63) is 71.9 Å². The number of amides is 1. The van der Waals surface area contributed by atoms with Gasteiger partial charge in [-0.1, -0.05) is 36.4 Å². The summed E-state index contributed by atoms with van der Waals surface area (Å²) < 4.78 is 1.56. The third-order valence-corrected chi connectivity index (χ3v) is 4.78. The van der Waals surface area contributed by atoms with Gasteiger partial charge in [-0.2, -0.15) is 10.4 Å². The topological polar surface area (TPSA) is 70.7 Å². The summed E-state index contributed by atoms with van der Waals surface area (Å²) in [6, 6.07) is 19.4. The average Bonchev–Trinajstić information content (AvgIpc) is 3.04. The maximum atomic E-state index is 12.4. The number of carbonyl (C=O) groups excluding carboxylic acids is 1. The highest BCUT2D eigenvalue weighted by Crippen LogP contribution is 2.23. The number of anilines is 1. The van der Waals surface area contributed by atoms with Crippen LogP contribution in [0.15, 0.2) is 65.7 Å². The van der Waals surface area contributed by atoms with Crippen molar-refractivity contribution in [2.75, 3.05) is 11.1 Å². The molecule has 1 aromatic heterocycles. The Morgan fingerprint density at radius 3 is 2.64 bits per heavy atom. The minimum atomic E-state index is -0.178. The fourth-order valence-electron chi connectivity index (χ4n) is 2.35. The van der Waals surface area contributed by atoms with Crippen LogP contribution in [0.1, 0.15) is 11.1 Å². The number of rotatable bonds is 5. The van der Waals surface area contributed by atoms with Crippen molar-refractivity contribution in [2.24, 2.45) is 0 Å². The molecule has 1 N–H and O–H groups in total. The lowest BCUT2D eigenvalue weighted by Gasteiger charge is -2.10. The van der Waals surface area contributed by atoms with Gasteiger partial charge in [0.25, 0.3) is 0 Å². The molecule has 0 spiro atoms. The lowest BCUT2D eigenvalue weighted by atomic mass is 10.2. The van der Waals surface area contributed by atoms with Gasteiger partial charge in [-0.25, -0.2) is 4.68 Å². The van der Waals surface area contributed by atoms with Crippen LogP contribution in [0.4, 0.5) is 5.82 Å². The van der Waals surface area contributed by atoms with Gasteiger partial charge in [-0.05, 0) is 30.7 Å². The van der Waals surface area contributed by atoms with Crippen LogP contribution in [0, 0.1) is 18.3 Å². The van der Waals surface area contributed by atoms with Crippen LogP contribution in [-0.4, -0.2) is 21.4 Å². The molecule has 0 aliphatic carbocycles. The third kappa shape index (κ3) is 3.90. The van der Waals surface area contributed by atoms with Crippen molar-refractivity contribution < 1.29 is 4.79 Å². The number of aromatic nitrogens is 2. The van der Waals surface area contributed by atoms with Gasteiger partial charge in [0.2, 0.25) is 5.91 Å². The second-order valence-electron chi connectivity index (χ2n) is 5.37. The Balaban J connectivity index is 1.76. The van der Waals surface area contributed by atoms with E-state index in [1.54, 1.807) is 4.68 Å². The molecule has 124 valence electrons. The van der Waals surface area contributed by atoms with Crippen LogP contribution in [0.3, 0.4) is 0 Å². The van der Waals surface area contributed by atoms with Crippen molar-refractivity contribution >= 4 is 23.5 Å².